The second kappa shape index (κ2) is 6.60. The van der Waals surface area contributed by atoms with E-state index in [0.717, 1.165) is 10.2 Å². The second-order valence-electron chi connectivity index (χ2n) is 8.19. The van der Waals surface area contributed by atoms with Gasteiger partial charge in [-0.1, -0.05) is 17.7 Å². The van der Waals surface area contributed by atoms with Crippen molar-refractivity contribution in [1.29, 1.82) is 0 Å². The Kier molecular flexibility index (Phi) is 4.19. The number of rotatable bonds is 3. The molecule has 2 aliphatic rings. The van der Waals surface area contributed by atoms with Crippen LogP contribution in [0.2, 0.25) is 0 Å². The summed E-state index contributed by atoms with van der Waals surface area (Å²) in [5.74, 6) is 0.0855. The lowest BCUT2D eigenvalue weighted by atomic mass is 9.88. The van der Waals surface area contributed by atoms with E-state index in [9.17, 15) is 18.0 Å². The van der Waals surface area contributed by atoms with E-state index >= 15 is 0 Å². The summed E-state index contributed by atoms with van der Waals surface area (Å²) >= 11 is 0. The van der Waals surface area contributed by atoms with Gasteiger partial charge in [-0.2, -0.15) is 18.3 Å². The number of aromatic nitrogens is 2. The number of methoxy groups -OCH3 is 1. The summed E-state index contributed by atoms with van der Waals surface area (Å²) in [6.07, 6.45) is -3.47. The lowest BCUT2D eigenvalue weighted by Gasteiger charge is -2.34. The lowest BCUT2D eigenvalue weighted by Crippen LogP contribution is -2.44. The Labute approximate surface area is 177 Å². The molecule has 0 atom stereocenters. The number of alkyl halides is 3. The van der Waals surface area contributed by atoms with E-state index in [2.05, 4.69) is 5.10 Å². The molecule has 3 aromatic rings. The summed E-state index contributed by atoms with van der Waals surface area (Å²) < 4.78 is 48.2. The van der Waals surface area contributed by atoms with Crippen LogP contribution < -0.4 is 9.64 Å². The van der Waals surface area contributed by atoms with Crippen molar-refractivity contribution >= 4 is 11.6 Å². The zero-order valence-electron chi connectivity index (χ0n) is 17.0. The lowest BCUT2D eigenvalue weighted by molar-refractivity contribution is -0.142. The molecule has 1 aliphatic heterocycles. The molecule has 0 bridgehead atoms. The van der Waals surface area contributed by atoms with Crippen LogP contribution in [0.4, 0.5) is 18.9 Å². The highest BCUT2D eigenvalue weighted by molar-refractivity contribution is 6.08. The molecule has 1 fully saturated rings. The molecule has 0 radical (unpaired) electrons. The van der Waals surface area contributed by atoms with Gasteiger partial charge in [-0.3, -0.25) is 4.79 Å². The molecule has 5 nitrogen and oxygen atoms in total. The number of carbonyl (C=O) groups is 1. The molecule has 1 saturated carbocycles. The van der Waals surface area contributed by atoms with Gasteiger partial charge in [0.2, 0.25) is 0 Å². The van der Waals surface area contributed by atoms with Crippen molar-refractivity contribution in [3.8, 4) is 11.4 Å². The number of nitrogens with zero attached hydrogens (tertiary/aromatic N) is 3. The SMILES string of the molecule is COc1ccc(-n2nc(C(F)(F)F)c3c2C(=O)N(c2ccc(C)cc2)CC32CC2)cc1. The van der Waals surface area contributed by atoms with Crippen molar-refractivity contribution in [2.75, 3.05) is 18.6 Å². The highest BCUT2D eigenvalue weighted by Crippen LogP contribution is 2.56. The number of hydrogen-bond donors (Lipinski definition) is 0. The van der Waals surface area contributed by atoms with Gasteiger partial charge in [0.15, 0.2) is 5.69 Å². The number of amides is 1. The number of carbonyl (C=O) groups excluding carboxylic acids is 1. The zero-order valence-corrected chi connectivity index (χ0v) is 17.0. The predicted molar refractivity (Wildman–Crippen MR) is 109 cm³/mol. The molecule has 160 valence electrons. The Morgan fingerprint density at radius 2 is 1.61 bits per heavy atom. The van der Waals surface area contributed by atoms with E-state index in [1.807, 2.05) is 31.2 Å². The molecule has 0 unspecified atom stereocenters. The van der Waals surface area contributed by atoms with Crippen molar-refractivity contribution in [2.24, 2.45) is 0 Å². The maximum Gasteiger partial charge on any atom is 0.435 e. The summed E-state index contributed by atoms with van der Waals surface area (Å²) in [6, 6.07) is 13.9. The highest BCUT2D eigenvalue weighted by Gasteiger charge is 2.58. The van der Waals surface area contributed by atoms with E-state index in [1.54, 1.807) is 29.2 Å². The highest BCUT2D eigenvalue weighted by atomic mass is 19.4. The molecule has 0 N–H and O–H groups in total. The molecule has 1 aromatic heterocycles. The summed E-state index contributed by atoms with van der Waals surface area (Å²) in [5, 5.41) is 3.92. The van der Waals surface area contributed by atoms with Crippen molar-refractivity contribution < 1.29 is 22.7 Å². The molecule has 2 aromatic carbocycles. The number of anilines is 1. The maximum absolute atomic E-state index is 14.0. The molecule has 1 aliphatic carbocycles. The van der Waals surface area contributed by atoms with Crippen molar-refractivity contribution in [3.63, 3.8) is 0 Å². The van der Waals surface area contributed by atoms with Crippen LogP contribution >= 0.6 is 0 Å². The Balaban J connectivity index is 1.72. The number of ether oxygens (including phenoxy) is 1. The van der Waals surface area contributed by atoms with Gasteiger partial charge in [-0.25, -0.2) is 4.68 Å². The predicted octanol–water partition coefficient (Wildman–Crippen LogP) is 4.90. The fourth-order valence-corrected chi connectivity index (χ4v) is 4.30. The molecule has 0 saturated heterocycles. The number of halogens is 3. The van der Waals surface area contributed by atoms with Gasteiger partial charge >= 0.3 is 6.18 Å². The minimum absolute atomic E-state index is 0.0122. The first kappa shape index (κ1) is 19.7. The van der Waals surface area contributed by atoms with Gasteiger partial charge in [0.1, 0.15) is 11.4 Å². The van der Waals surface area contributed by atoms with Crippen LogP contribution in [0.1, 0.15) is 40.2 Å². The number of hydrogen-bond acceptors (Lipinski definition) is 3. The first-order valence-electron chi connectivity index (χ1n) is 9.97. The molecule has 1 amide bonds. The van der Waals surface area contributed by atoms with Crippen molar-refractivity contribution in [1.82, 2.24) is 9.78 Å². The van der Waals surface area contributed by atoms with Crippen molar-refractivity contribution in [2.45, 2.75) is 31.4 Å². The van der Waals surface area contributed by atoms with E-state index in [1.165, 1.54) is 7.11 Å². The first-order valence-corrected chi connectivity index (χ1v) is 9.97. The molecule has 1 spiro atoms. The molecular weight excluding hydrogens is 407 g/mol. The summed E-state index contributed by atoms with van der Waals surface area (Å²) in [7, 11) is 1.51. The maximum atomic E-state index is 14.0. The number of benzene rings is 2. The van der Waals surface area contributed by atoms with E-state index < -0.39 is 23.2 Å². The summed E-state index contributed by atoms with van der Waals surface area (Å²) in [6.45, 7) is 2.16. The molecule has 31 heavy (non-hydrogen) atoms. The molecular formula is C23H20F3N3O2. The third-order valence-electron chi connectivity index (χ3n) is 6.11. The van der Waals surface area contributed by atoms with Gasteiger partial charge in [-0.05, 0) is 56.2 Å². The smallest absolute Gasteiger partial charge is 0.435 e. The zero-order chi connectivity index (χ0) is 22.0. The number of fused-ring (bicyclic) bond motifs is 2. The Hall–Kier alpha value is -3.29. The largest absolute Gasteiger partial charge is 0.497 e. The van der Waals surface area contributed by atoms with Crippen LogP contribution in [0.3, 0.4) is 0 Å². The standard InChI is InChI=1S/C23H20F3N3O2/c1-14-3-5-15(6-4-14)28-13-22(11-12-22)18-19(21(28)30)29(27-20(18)23(24,25)26)16-7-9-17(31-2)10-8-16/h3-10H,11-13H2,1-2H3. The van der Waals surface area contributed by atoms with Crippen LogP contribution in [0.25, 0.3) is 5.69 Å². The van der Waals surface area contributed by atoms with Crippen LogP contribution in [0.5, 0.6) is 5.75 Å². The fourth-order valence-electron chi connectivity index (χ4n) is 4.30. The summed E-state index contributed by atoms with van der Waals surface area (Å²) in [4.78, 5) is 15.1. The van der Waals surface area contributed by atoms with Gasteiger partial charge < -0.3 is 9.64 Å². The minimum Gasteiger partial charge on any atom is -0.497 e. The third kappa shape index (κ3) is 3.08. The number of aryl methyl sites for hydroxylation is 1. The second-order valence-corrected chi connectivity index (χ2v) is 8.19. The van der Waals surface area contributed by atoms with Crippen LogP contribution in [-0.4, -0.2) is 29.3 Å². The Morgan fingerprint density at radius 1 is 1.00 bits per heavy atom. The Bertz CT molecular complexity index is 1160. The van der Waals surface area contributed by atoms with Crippen molar-refractivity contribution in [3.05, 3.63) is 71.0 Å². The van der Waals surface area contributed by atoms with Crippen LogP contribution in [-0.2, 0) is 11.6 Å². The minimum atomic E-state index is -4.65. The van der Waals surface area contributed by atoms with Crippen LogP contribution in [0, 0.1) is 6.92 Å². The molecule has 2 heterocycles. The fraction of sp³-hybridized carbons (Fsp3) is 0.304. The topological polar surface area (TPSA) is 47.4 Å². The molecule has 8 heteroatoms. The average Bonchev–Trinajstić information content (AvgIpc) is 3.38. The Morgan fingerprint density at radius 3 is 2.16 bits per heavy atom. The summed E-state index contributed by atoms with van der Waals surface area (Å²) in [5.41, 5.74) is 0.423. The van der Waals surface area contributed by atoms with Gasteiger partial charge in [-0.15, -0.1) is 0 Å². The van der Waals surface area contributed by atoms with E-state index in [4.69, 9.17) is 4.74 Å². The van der Waals surface area contributed by atoms with E-state index in [-0.39, 0.29) is 17.8 Å². The normalized spacial score (nSPS) is 17.1. The average molecular weight is 427 g/mol. The quantitative estimate of drug-likeness (QED) is 0.597. The monoisotopic (exact) mass is 427 g/mol. The van der Waals surface area contributed by atoms with E-state index in [0.29, 0.717) is 30.0 Å². The van der Waals surface area contributed by atoms with Gasteiger partial charge in [0.05, 0.1) is 12.8 Å². The van der Waals surface area contributed by atoms with Gasteiger partial charge in [0.25, 0.3) is 5.91 Å². The molecule has 5 rings (SSSR count). The third-order valence-corrected chi connectivity index (χ3v) is 6.11. The van der Waals surface area contributed by atoms with Crippen LogP contribution in [0.15, 0.2) is 48.5 Å². The van der Waals surface area contributed by atoms with Gasteiger partial charge in [0, 0.05) is 23.2 Å². The first-order chi connectivity index (χ1) is 14.7.